The largest absolute Gasteiger partial charge is 0.396 e. The first kappa shape index (κ1) is 12.6. The van der Waals surface area contributed by atoms with Crippen LogP contribution in [0.5, 0.6) is 0 Å². The Kier molecular flexibility index (Phi) is 3.56. The predicted molar refractivity (Wildman–Crippen MR) is 77.6 cm³/mol. The maximum atomic E-state index is 8.94. The van der Waals surface area contributed by atoms with Gasteiger partial charge in [0.15, 0.2) is 5.82 Å². The summed E-state index contributed by atoms with van der Waals surface area (Å²) in [4.78, 5) is 8.72. The van der Waals surface area contributed by atoms with Crippen molar-refractivity contribution in [1.82, 2.24) is 14.5 Å². The summed E-state index contributed by atoms with van der Waals surface area (Å²) in [5, 5.41) is 8.94. The van der Waals surface area contributed by atoms with Crippen LogP contribution in [0.1, 0.15) is 5.56 Å². The van der Waals surface area contributed by atoms with Crippen molar-refractivity contribution in [3.8, 4) is 17.2 Å². The van der Waals surface area contributed by atoms with Crippen LogP contribution in [-0.2, 0) is 6.42 Å². The second-order valence-corrected chi connectivity index (χ2v) is 4.48. The van der Waals surface area contributed by atoms with Gasteiger partial charge in [-0.15, -0.1) is 0 Å². The van der Waals surface area contributed by atoms with Crippen LogP contribution < -0.4 is 0 Å². The summed E-state index contributed by atoms with van der Waals surface area (Å²) in [6, 6.07) is 13.9. The predicted octanol–water partition coefficient (Wildman–Crippen LogP) is 2.47. The van der Waals surface area contributed by atoms with Gasteiger partial charge in [-0.05, 0) is 36.2 Å². The molecule has 0 amide bonds. The number of hydrogen-bond donors (Lipinski definition) is 1. The molecule has 2 aromatic heterocycles. The normalized spacial score (nSPS) is 10.7. The van der Waals surface area contributed by atoms with Crippen molar-refractivity contribution >= 4 is 0 Å². The number of aromatic nitrogens is 3. The van der Waals surface area contributed by atoms with Crippen LogP contribution in [0.2, 0.25) is 0 Å². The van der Waals surface area contributed by atoms with Gasteiger partial charge in [0.2, 0.25) is 0 Å². The Morgan fingerprint density at radius 3 is 2.50 bits per heavy atom. The Labute approximate surface area is 117 Å². The molecule has 3 aromatic rings. The first-order valence-corrected chi connectivity index (χ1v) is 6.53. The van der Waals surface area contributed by atoms with Crippen LogP contribution in [0.15, 0.2) is 61.1 Å². The van der Waals surface area contributed by atoms with Crippen molar-refractivity contribution in [3.05, 3.63) is 66.6 Å². The number of aliphatic hydroxyl groups is 1. The Morgan fingerprint density at radius 2 is 1.80 bits per heavy atom. The second kappa shape index (κ2) is 5.67. The van der Waals surface area contributed by atoms with Crippen LogP contribution in [0.3, 0.4) is 0 Å². The van der Waals surface area contributed by atoms with Gasteiger partial charge < -0.3 is 5.11 Å². The van der Waals surface area contributed by atoms with Crippen LogP contribution in [0.4, 0.5) is 0 Å². The molecule has 4 heteroatoms. The Balaban J connectivity index is 1.97. The molecule has 3 rings (SSSR count). The molecule has 0 aliphatic carbocycles. The van der Waals surface area contributed by atoms with Gasteiger partial charge in [0.1, 0.15) is 5.69 Å². The SMILES string of the molecule is OCCc1ccc(-n2ccnc2-c2ccccn2)cc1. The van der Waals surface area contributed by atoms with Crippen molar-refractivity contribution in [3.63, 3.8) is 0 Å². The molecule has 0 radical (unpaired) electrons. The summed E-state index contributed by atoms with van der Waals surface area (Å²) in [6.45, 7) is 0.170. The fourth-order valence-electron chi connectivity index (χ4n) is 2.15. The van der Waals surface area contributed by atoms with Crippen molar-refractivity contribution in [2.24, 2.45) is 0 Å². The molecule has 1 N–H and O–H groups in total. The molecule has 1 aromatic carbocycles. The highest BCUT2D eigenvalue weighted by molar-refractivity contribution is 5.54. The molecule has 0 atom stereocenters. The molecule has 0 bridgehead atoms. The van der Waals surface area contributed by atoms with E-state index in [4.69, 9.17) is 5.11 Å². The third-order valence-corrected chi connectivity index (χ3v) is 3.15. The first-order valence-electron chi connectivity index (χ1n) is 6.53. The monoisotopic (exact) mass is 265 g/mol. The second-order valence-electron chi connectivity index (χ2n) is 4.48. The number of rotatable bonds is 4. The highest BCUT2D eigenvalue weighted by Gasteiger charge is 2.08. The van der Waals surface area contributed by atoms with E-state index in [1.54, 1.807) is 12.4 Å². The van der Waals surface area contributed by atoms with Crippen LogP contribution in [0.25, 0.3) is 17.2 Å². The van der Waals surface area contributed by atoms with Crippen LogP contribution in [-0.4, -0.2) is 26.2 Å². The minimum Gasteiger partial charge on any atom is -0.396 e. The summed E-state index contributed by atoms with van der Waals surface area (Å²) in [5.41, 5.74) is 3.00. The fraction of sp³-hybridized carbons (Fsp3) is 0.125. The zero-order chi connectivity index (χ0) is 13.8. The van der Waals surface area contributed by atoms with E-state index in [9.17, 15) is 0 Å². The van der Waals surface area contributed by atoms with Gasteiger partial charge in [-0.1, -0.05) is 18.2 Å². The van der Waals surface area contributed by atoms with Gasteiger partial charge >= 0.3 is 0 Å². The number of aliphatic hydroxyl groups excluding tert-OH is 1. The Bertz CT molecular complexity index is 674. The van der Waals surface area contributed by atoms with E-state index in [2.05, 4.69) is 9.97 Å². The van der Waals surface area contributed by atoms with E-state index >= 15 is 0 Å². The van der Waals surface area contributed by atoms with Crippen molar-refractivity contribution in [1.29, 1.82) is 0 Å². The summed E-state index contributed by atoms with van der Waals surface area (Å²) in [7, 11) is 0. The lowest BCUT2D eigenvalue weighted by molar-refractivity contribution is 0.299. The minimum atomic E-state index is 0.170. The standard InChI is InChI=1S/C16H15N3O/c20-12-8-13-4-6-14(7-5-13)19-11-10-18-16(19)15-3-1-2-9-17-15/h1-7,9-11,20H,8,12H2. The topological polar surface area (TPSA) is 50.9 Å². The average molecular weight is 265 g/mol. The Hall–Kier alpha value is -2.46. The smallest absolute Gasteiger partial charge is 0.163 e. The lowest BCUT2D eigenvalue weighted by Gasteiger charge is -2.08. The lowest BCUT2D eigenvalue weighted by Crippen LogP contribution is -1.98. The van der Waals surface area contributed by atoms with Crippen LogP contribution in [0, 0.1) is 0 Å². The molecule has 2 heterocycles. The number of pyridine rings is 1. The summed E-state index contributed by atoms with van der Waals surface area (Å²) >= 11 is 0. The van der Waals surface area contributed by atoms with Gasteiger partial charge in [0, 0.05) is 30.9 Å². The highest BCUT2D eigenvalue weighted by Crippen LogP contribution is 2.19. The van der Waals surface area contributed by atoms with E-state index in [1.165, 1.54) is 0 Å². The molecule has 0 saturated heterocycles. The van der Waals surface area contributed by atoms with E-state index in [0.29, 0.717) is 6.42 Å². The molecule has 0 aliphatic rings. The zero-order valence-electron chi connectivity index (χ0n) is 11.0. The summed E-state index contributed by atoms with van der Waals surface area (Å²) < 4.78 is 2.01. The number of imidazole rings is 1. The molecule has 0 saturated carbocycles. The maximum absolute atomic E-state index is 8.94. The van der Waals surface area contributed by atoms with Gasteiger partial charge in [-0.25, -0.2) is 4.98 Å². The van der Waals surface area contributed by atoms with Crippen LogP contribution >= 0.6 is 0 Å². The summed E-state index contributed by atoms with van der Waals surface area (Å²) in [5.74, 6) is 0.820. The Morgan fingerprint density at radius 1 is 0.950 bits per heavy atom. The van der Waals surface area contributed by atoms with Gasteiger partial charge in [-0.2, -0.15) is 0 Å². The molecule has 100 valence electrons. The van der Waals surface area contributed by atoms with E-state index in [1.807, 2.05) is 53.2 Å². The molecule has 0 aliphatic heterocycles. The van der Waals surface area contributed by atoms with Gasteiger partial charge in [0.05, 0.1) is 0 Å². The molecular weight excluding hydrogens is 250 g/mol. The number of hydrogen-bond acceptors (Lipinski definition) is 3. The average Bonchev–Trinajstić information content (AvgIpc) is 2.99. The van der Waals surface area contributed by atoms with Crippen molar-refractivity contribution in [2.45, 2.75) is 6.42 Å². The quantitative estimate of drug-likeness (QED) is 0.788. The third-order valence-electron chi connectivity index (χ3n) is 3.15. The van der Waals surface area contributed by atoms with Gasteiger partial charge in [-0.3, -0.25) is 9.55 Å². The minimum absolute atomic E-state index is 0.170. The number of benzene rings is 1. The van der Waals surface area contributed by atoms with E-state index < -0.39 is 0 Å². The lowest BCUT2D eigenvalue weighted by atomic mass is 10.1. The van der Waals surface area contributed by atoms with Crippen molar-refractivity contribution in [2.75, 3.05) is 6.61 Å². The zero-order valence-corrected chi connectivity index (χ0v) is 11.0. The molecule has 0 unspecified atom stereocenters. The number of nitrogens with zero attached hydrogens (tertiary/aromatic N) is 3. The van der Waals surface area contributed by atoms with E-state index in [-0.39, 0.29) is 6.61 Å². The van der Waals surface area contributed by atoms with Crippen molar-refractivity contribution < 1.29 is 5.11 Å². The maximum Gasteiger partial charge on any atom is 0.163 e. The molecule has 20 heavy (non-hydrogen) atoms. The van der Waals surface area contributed by atoms with Gasteiger partial charge in [0.25, 0.3) is 0 Å². The summed E-state index contributed by atoms with van der Waals surface area (Å²) in [6.07, 6.45) is 6.13. The molecule has 0 fully saturated rings. The fourth-order valence-corrected chi connectivity index (χ4v) is 2.15. The first-order chi connectivity index (χ1) is 9.88. The molecule has 0 spiro atoms. The van der Waals surface area contributed by atoms with E-state index in [0.717, 1.165) is 22.8 Å². The molecule has 4 nitrogen and oxygen atoms in total. The third kappa shape index (κ3) is 2.46. The molecular formula is C16H15N3O. The highest BCUT2D eigenvalue weighted by atomic mass is 16.2.